The minimum atomic E-state index is -0.883. The lowest BCUT2D eigenvalue weighted by Gasteiger charge is -2.30. The van der Waals surface area contributed by atoms with E-state index in [1.165, 1.54) is 0 Å². The van der Waals surface area contributed by atoms with Gasteiger partial charge in [-0.05, 0) is 55.6 Å². The van der Waals surface area contributed by atoms with E-state index in [0.717, 1.165) is 52.1 Å². The zero-order valence-corrected chi connectivity index (χ0v) is 34.0. The van der Waals surface area contributed by atoms with E-state index in [1.807, 2.05) is 13.8 Å². The Bertz CT molecular complexity index is 1260. The second-order valence-corrected chi connectivity index (χ2v) is 15.3. The monoisotopic (exact) mass is 779 g/mol. The summed E-state index contributed by atoms with van der Waals surface area (Å²) >= 11 is 0. The average molecular weight is 779 g/mol. The number of nitrogens with zero attached hydrogens (tertiary/aromatic N) is 2. The molecule has 0 saturated carbocycles. The number of nitrogens with two attached hydrogens (primary N) is 1. The van der Waals surface area contributed by atoms with Gasteiger partial charge in [0.1, 0.15) is 11.5 Å². The van der Waals surface area contributed by atoms with Crippen LogP contribution in [0.1, 0.15) is 63.7 Å². The molecule has 6 N–H and O–H groups in total. The number of carbonyl (C=O) groups excluding carboxylic acids is 3. The van der Waals surface area contributed by atoms with Crippen LogP contribution in [0.25, 0.3) is 0 Å². The molecule has 2 fully saturated rings. The molecule has 1 aromatic carbocycles. The van der Waals surface area contributed by atoms with Crippen LogP contribution >= 0.6 is 0 Å². The maximum Gasteiger partial charge on any atom is 0.257 e. The van der Waals surface area contributed by atoms with E-state index in [2.05, 4.69) is 39.6 Å². The summed E-state index contributed by atoms with van der Waals surface area (Å²) in [6.07, 6.45) is 1.38. The van der Waals surface area contributed by atoms with Crippen molar-refractivity contribution in [3.8, 4) is 11.5 Å². The summed E-state index contributed by atoms with van der Waals surface area (Å²) in [6, 6.07) is 4.36. The molecule has 55 heavy (non-hydrogen) atoms. The molecule has 2 aliphatic rings. The van der Waals surface area contributed by atoms with Crippen LogP contribution in [0.4, 0.5) is 0 Å². The predicted octanol–water partition coefficient (Wildman–Crippen LogP) is 1.51. The third kappa shape index (κ3) is 17.7. The van der Waals surface area contributed by atoms with E-state index in [9.17, 15) is 19.5 Å². The number of nitrogens with one attached hydrogen (secondary N) is 3. The lowest BCUT2D eigenvalue weighted by atomic mass is 9.83. The first-order valence-corrected chi connectivity index (χ1v) is 20.2. The van der Waals surface area contributed by atoms with Gasteiger partial charge in [-0.1, -0.05) is 27.7 Å². The number of ether oxygens (including phenoxy) is 5. The van der Waals surface area contributed by atoms with E-state index < -0.39 is 12.1 Å². The minimum absolute atomic E-state index is 0.0290. The van der Waals surface area contributed by atoms with Gasteiger partial charge in [-0.2, -0.15) is 0 Å². The SMILES string of the molecule is COCCCCOc1cc(OCC(=O)NCCN2CCOCC2)ccc1C(=O)NCC(CC(N)C(O)CC(C(=O)NCCN1CCOCC1)C(C)C)C(C)C. The molecule has 4 unspecified atom stereocenters. The molecule has 2 saturated heterocycles. The molecule has 3 amide bonds. The van der Waals surface area contributed by atoms with Crippen LogP contribution < -0.4 is 31.2 Å². The van der Waals surface area contributed by atoms with Crippen molar-refractivity contribution in [2.45, 2.75) is 65.5 Å². The van der Waals surface area contributed by atoms with Gasteiger partial charge in [-0.15, -0.1) is 0 Å². The first kappa shape index (κ1) is 46.3. The maximum absolute atomic E-state index is 13.6. The number of aliphatic hydroxyl groups excluding tert-OH is 1. The number of rotatable bonds is 26. The van der Waals surface area contributed by atoms with Gasteiger partial charge < -0.3 is 50.5 Å². The number of unbranched alkanes of at least 4 members (excludes halogenated alkanes) is 1. The van der Waals surface area contributed by atoms with Crippen LogP contribution in [0.3, 0.4) is 0 Å². The summed E-state index contributed by atoms with van der Waals surface area (Å²) in [7, 11) is 1.65. The van der Waals surface area contributed by atoms with Crippen LogP contribution in [-0.4, -0.2) is 157 Å². The summed E-state index contributed by atoms with van der Waals surface area (Å²) in [6.45, 7) is 18.1. The second kappa shape index (κ2) is 26.0. The first-order chi connectivity index (χ1) is 26.5. The van der Waals surface area contributed by atoms with E-state index in [-0.39, 0.29) is 54.4 Å². The number of methoxy groups -OCH3 is 1. The summed E-state index contributed by atoms with van der Waals surface area (Å²) < 4.78 is 27.8. The fraction of sp³-hybridized carbons (Fsp3) is 0.775. The minimum Gasteiger partial charge on any atom is -0.493 e. The Morgan fingerprint density at radius 3 is 2.05 bits per heavy atom. The molecule has 15 nitrogen and oxygen atoms in total. The molecule has 2 heterocycles. The Labute approximate surface area is 328 Å². The van der Waals surface area contributed by atoms with Gasteiger partial charge in [0.2, 0.25) is 5.91 Å². The highest BCUT2D eigenvalue weighted by Crippen LogP contribution is 2.27. The van der Waals surface area contributed by atoms with Gasteiger partial charge in [-0.25, -0.2) is 0 Å². The number of hydrogen-bond donors (Lipinski definition) is 5. The van der Waals surface area contributed by atoms with Crippen molar-refractivity contribution in [3.63, 3.8) is 0 Å². The third-order valence-electron chi connectivity index (χ3n) is 10.4. The van der Waals surface area contributed by atoms with Crippen LogP contribution in [0.5, 0.6) is 11.5 Å². The molecule has 0 spiro atoms. The van der Waals surface area contributed by atoms with Crippen molar-refractivity contribution in [3.05, 3.63) is 23.8 Å². The average Bonchev–Trinajstić information content (AvgIpc) is 3.17. The van der Waals surface area contributed by atoms with Crippen molar-refractivity contribution < 1.29 is 43.2 Å². The van der Waals surface area contributed by atoms with Crippen LogP contribution in [-0.2, 0) is 23.8 Å². The quantitative estimate of drug-likeness (QED) is 0.0856. The maximum atomic E-state index is 13.6. The molecule has 0 aliphatic carbocycles. The third-order valence-corrected chi connectivity index (χ3v) is 10.4. The molecule has 0 bridgehead atoms. The van der Waals surface area contributed by atoms with Crippen molar-refractivity contribution in [2.75, 3.05) is 112 Å². The van der Waals surface area contributed by atoms with Gasteiger partial charge in [0.25, 0.3) is 11.8 Å². The van der Waals surface area contributed by atoms with Crippen molar-refractivity contribution in [1.29, 1.82) is 0 Å². The summed E-state index contributed by atoms with van der Waals surface area (Å²) in [5, 5.41) is 20.2. The lowest BCUT2D eigenvalue weighted by molar-refractivity contribution is -0.127. The van der Waals surface area contributed by atoms with Crippen molar-refractivity contribution >= 4 is 17.7 Å². The first-order valence-electron chi connectivity index (χ1n) is 20.2. The molecule has 4 atom stereocenters. The zero-order valence-electron chi connectivity index (χ0n) is 34.0. The van der Waals surface area contributed by atoms with Gasteiger partial charge in [0, 0.05) is 90.6 Å². The topological polar surface area (TPSA) is 186 Å². The Morgan fingerprint density at radius 2 is 1.45 bits per heavy atom. The molecule has 0 aromatic heterocycles. The zero-order chi connectivity index (χ0) is 40.0. The van der Waals surface area contributed by atoms with E-state index in [1.54, 1.807) is 25.3 Å². The molecule has 0 radical (unpaired) electrons. The number of carbonyl (C=O) groups is 3. The second-order valence-electron chi connectivity index (χ2n) is 15.3. The van der Waals surface area contributed by atoms with Crippen molar-refractivity contribution in [1.82, 2.24) is 25.8 Å². The highest BCUT2D eigenvalue weighted by molar-refractivity contribution is 5.97. The number of morpholine rings is 2. The van der Waals surface area contributed by atoms with E-state index >= 15 is 0 Å². The Morgan fingerprint density at radius 1 is 0.836 bits per heavy atom. The van der Waals surface area contributed by atoms with Gasteiger partial charge >= 0.3 is 0 Å². The molecule has 15 heteroatoms. The lowest BCUT2D eigenvalue weighted by Crippen LogP contribution is -2.45. The summed E-state index contributed by atoms with van der Waals surface area (Å²) in [4.78, 5) is 43.7. The standard InChI is InChI=1S/C40H70N6O9/c1-29(2)31(24-35(41)36(47)26-34(30(3)4)40(50)43-11-13-46-16-22-53-23-17-46)27-44-39(49)33-9-8-32(25-37(33)54-19-7-6-18-51-5)55-28-38(48)42-10-12-45-14-20-52-21-15-45/h8-9,25,29-31,34-36,47H,6-7,10-24,26-28,41H2,1-5H3,(H,42,48)(H,43,50)(H,44,49). The van der Waals surface area contributed by atoms with Gasteiger partial charge in [-0.3, -0.25) is 24.2 Å². The Hall–Kier alpha value is -3.05. The number of benzene rings is 1. The number of hydrogen-bond acceptors (Lipinski definition) is 12. The highest BCUT2D eigenvalue weighted by Gasteiger charge is 2.30. The fourth-order valence-electron chi connectivity index (χ4n) is 6.64. The largest absolute Gasteiger partial charge is 0.493 e. The number of amides is 3. The van der Waals surface area contributed by atoms with Crippen molar-refractivity contribution in [2.24, 2.45) is 29.4 Å². The number of aliphatic hydroxyl groups is 1. The molecule has 1 aromatic rings. The molecular weight excluding hydrogens is 708 g/mol. The molecular formula is C40H70N6O9. The molecule has 2 aliphatic heterocycles. The van der Waals surface area contributed by atoms with Crippen LogP contribution in [0.15, 0.2) is 18.2 Å². The van der Waals surface area contributed by atoms with Gasteiger partial charge in [0.05, 0.1) is 44.7 Å². The Balaban J connectivity index is 1.54. The van der Waals surface area contributed by atoms with E-state index in [4.69, 9.17) is 29.4 Å². The normalized spacial score (nSPS) is 17.7. The van der Waals surface area contributed by atoms with E-state index in [0.29, 0.717) is 82.8 Å². The highest BCUT2D eigenvalue weighted by atomic mass is 16.5. The summed E-state index contributed by atoms with van der Waals surface area (Å²) in [5.41, 5.74) is 6.92. The van der Waals surface area contributed by atoms with Crippen LogP contribution in [0, 0.1) is 23.7 Å². The predicted molar refractivity (Wildman–Crippen MR) is 211 cm³/mol. The molecule has 314 valence electrons. The Kier molecular flexibility index (Phi) is 21.9. The van der Waals surface area contributed by atoms with Gasteiger partial charge in [0.15, 0.2) is 6.61 Å². The fourth-order valence-corrected chi connectivity index (χ4v) is 6.64. The smallest absolute Gasteiger partial charge is 0.257 e. The summed E-state index contributed by atoms with van der Waals surface area (Å²) in [5.74, 6) is -0.0627. The van der Waals surface area contributed by atoms with Crippen LogP contribution in [0.2, 0.25) is 0 Å². The molecule has 3 rings (SSSR count).